The van der Waals surface area contributed by atoms with Gasteiger partial charge in [-0.15, -0.1) is 0 Å². The van der Waals surface area contributed by atoms with Crippen LogP contribution in [0.15, 0.2) is 146 Å². The average molecular weight is 1830 g/mol. The Hall–Kier alpha value is -7.81. The van der Waals surface area contributed by atoms with Crippen LogP contribution in [-0.4, -0.2) is 239 Å². The molecule has 3 aliphatic rings. The molecular formula is C96H133Cl6N11O11. The summed E-state index contributed by atoms with van der Waals surface area (Å²) in [6, 6.07) is 44.5. The molecular weight excluding hydrogens is 1700 g/mol. The minimum Gasteiger partial charge on any atom is -0.369 e. The van der Waals surface area contributed by atoms with Gasteiger partial charge in [0.05, 0.1) is 55.1 Å². The highest BCUT2D eigenvalue weighted by molar-refractivity contribution is 6.32. The van der Waals surface area contributed by atoms with Gasteiger partial charge in [0.1, 0.15) is 34.7 Å². The molecule has 124 heavy (non-hydrogen) atoms. The second-order valence-corrected chi connectivity index (χ2v) is 36.2. The standard InChI is InChI=1S/2C18H25ClN2O2.C16H23ClN2O2.C15H21ClN2O2.C15H20ClNO.C14H19ClN2O2/c2*1-13(2)18(23)17(15-4-6-16(19)7-5-15)12-20-8-10-21(11-9-20)14(3)22;1-11(2)16(21)14(9-18-10-15(20)19(3)4)12-5-7-13(17)8-6-12;1-10(2)15(20)13(8-18-9-14(19)17-3)11-4-6-12(16)7-5-11;1-11(2)15(18)14(10-17-8-3-9-17)12-4-6-13(16)7-5-12;1-9(2)14(19)12(7-17-8-13(16)18)10-3-5-11(15)6-4-10/h2*4-7,13,17H,8-12H2,1-3H3;5-8,11,14,18H,9-10H2,1-4H3;4-7,10,13,18H,8-9H2,1-3H3,(H,17,19);4-7,11,14H,3,8-10H2,1-2H3;3-6,9,12,17H,7-8H2,1-2H3,(H2,16,18)/t2*17-;14-;13-;14-;12-/m101101/s1. The molecule has 6 aromatic rings. The van der Waals surface area contributed by atoms with Crippen molar-refractivity contribution in [3.63, 3.8) is 0 Å². The lowest BCUT2D eigenvalue weighted by Gasteiger charge is -2.36. The van der Waals surface area contributed by atoms with E-state index >= 15 is 0 Å². The van der Waals surface area contributed by atoms with Crippen LogP contribution < -0.4 is 27.0 Å². The summed E-state index contributed by atoms with van der Waals surface area (Å²) in [6.07, 6.45) is 1.25. The molecule has 28 heteroatoms. The molecule has 6 N–H and O–H groups in total. The number of nitrogens with one attached hydrogen (secondary N) is 4. The Balaban J connectivity index is 0.000000313. The third-order valence-corrected chi connectivity index (χ3v) is 23.2. The number of hydrogen-bond donors (Lipinski definition) is 5. The highest BCUT2D eigenvalue weighted by Gasteiger charge is 2.33. The van der Waals surface area contributed by atoms with Gasteiger partial charge in [0.2, 0.25) is 29.5 Å². The number of nitrogens with zero attached hydrogens (tertiary/aromatic N) is 6. The molecule has 9 rings (SSSR count). The lowest BCUT2D eigenvalue weighted by Crippen LogP contribution is -2.49. The second kappa shape index (κ2) is 56.4. The van der Waals surface area contributed by atoms with Crippen LogP contribution in [0.5, 0.6) is 0 Å². The Kier molecular flexibility index (Phi) is 49.4. The maximum absolute atomic E-state index is 12.7. The van der Waals surface area contributed by atoms with Crippen molar-refractivity contribution in [2.75, 3.05) is 145 Å². The first-order valence-corrected chi connectivity index (χ1v) is 45.0. The van der Waals surface area contributed by atoms with Crippen LogP contribution in [-0.2, 0) is 52.7 Å². The van der Waals surface area contributed by atoms with E-state index < -0.39 is 5.91 Å². The first-order valence-electron chi connectivity index (χ1n) is 42.8. The van der Waals surface area contributed by atoms with E-state index in [9.17, 15) is 52.7 Å². The number of likely N-dealkylation sites (tertiary alicyclic amines) is 1. The summed E-state index contributed by atoms with van der Waals surface area (Å²) < 4.78 is 0. The Labute approximate surface area is 766 Å². The number of piperazine rings is 2. The van der Waals surface area contributed by atoms with E-state index in [2.05, 4.69) is 36.0 Å². The van der Waals surface area contributed by atoms with Crippen molar-refractivity contribution in [2.24, 2.45) is 41.2 Å². The lowest BCUT2D eigenvalue weighted by molar-refractivity contribution is -0.131. The maximum atomic E-state index is 12.7. The van der Waals surface area contributed by atoms with Crippen molar-refractivity contribution in [3.8, 4) is 0 Å². The van der Waals surface area contributed by atoms with Gasteiger partial charge in [-0.3, -0.25) is 62.5 Å². The zero-order valence-electron chi connectivity index (χ0n) is 75.4. The van der Waals surface area contributed by atoms with Gasteiger partial charge >= 0.3 is 0 Å². The average Bonchev–Trinajstić information content (AvgIpc) is 0.847. The Morgan fingerprint density at radius 3 is 0.726 bits per heavy atom. The Morgan fingerprint density at radius 2 is 0.532 bits per heavy atom. The number of Topliss-reactive ketones (excluding diaryl/α,β-unsaturated/α-hetero) is 6. The first kappa shape index (κ1) is 109. The largest absolute Gasteiger partial charge is 0.369 e. The molecule has 680 valence electrons. The van der Waals surface area contributed by atoms with Gasteiger partial charge < -0.3 is 46.6 Å². The van der Waals surface area contributed by atoms with Gasteiger partial charge in [0.15, 0.2) is 0 Å². The number of benzene rings is 6. The quantitative estimate of drug-likeness (QED) is 0.0244. The molecule has 0 radical (unpaired) electrons. The van der Waals surface area contributed by atoms with Crippen molar-refractivity contribution >= 4 is 134 Å². The molecule has 0 bridgehead atoms. The number of likely N-dealkylation sites (N-methyl/N-ethyl adjacent to an activating group) is 2. The second-order valence-electron chi connectivity index (χ2n) is 33.6. The number of rotatable bonds is 36. The van der Waals surface area contributed by atoms with Crippen LogP contribution in [0.1, 0.15) is 172 Å². The SMILES string of the molecule is CC(=O)N1CCN(C[C@@H](C(=O)C(C)C)c2ccc(Cl)cc2)CC1.CC(=O)N1CCN(C[C@H](C(=O)C(C)C)c2ccc(Cl)cc2)CC1.CC(C)C(=O)[C@@H](CN1CCC1)c1ccc(Cl)cc1.CC(C)C(=O)[C@H](CNCC(=O)N(C)C)c1ccc(Cl)cc1.CC(C)C(=O)[C@H](CNCC(N)=O)c1ccc(Cl)cc1.CNC(=O)CNC[C@@H](C(=O)C(C)C)c1ccc(Cl)cc1. The number of hydrogen-bond acceptors (Lipinski definition) is 17. The fourth-order valence-electron chi connectivity index (χ4n) is 13.9. The molecule has 3 aliphatic heterocycles. The first-order chi connectivity index (χ1) is 58.5. The van der Waals surface area contributed by atoms with Crippen molar-refractivity contribution in [2.45, 2.75) is 139 Å². The van der Waals surface area contributed by atoms with Crippen LogP contribution >= 0.6 is 69.6 Å². The van der Waals surface area contributed by atoms with Crippen LogP contribution in [0, 0.1) is 35.5 Å². The fraction of sp³-hybridized carbons (Fsp3) is 0.510. The summed E-state index contributed by atoms with van der Waals surface area (Å²) in [5.41, 5.74) is 10.9. The summed E-state index contributed by atoms with van der Waals surface area (Å²) in [4.78, 5) is 143. The van der Waals surface area contributed by atoms with Gasteiger partial charge in [0, 0.05) is 192 Å². The number of ketones is 6. The number of primary amides is 1. The Bertz CT molecular complexity index is 4210. The third kappa shape index (κ3) is 38.8. The molecule has 3 fully saturated rings. The highest BCUT2D eigenvalue weighted by atomic mass is 35.5. The zero-order valence-corrected chi connectivity index (χ0v) is 80.0. The van der Waals surface area contributed by atoms with Gasteiger partial charge in [-0.05, 0) is 126 Å². The molecule has 0 unspecified atom stereocenters. The van der Waals surface area contributed by atoms with Crippen LogP contribution in [0.3, 0.4) is 0 Å². The number of halogens is 6. The van der Waals surface area contributed by atoms with E-state index in [0.717, 1.165) is 110 Å². The molecule has 0 aliphatic carbocycles. The third-order valence-electron chi connectivity index (χ3n) is 21.7. The minimum absolute atomic E-state index is 0.00538. The predicted octanol–water partition coefficient (Wildman–Crippen LogP) is 15.0. The van der Waals surface area contributed by atoms with Crippen LogP contribution in [0.25, 0.3) is 0 Å². The van der Waals surface area contributed by atoms with Crippen molar-refractivity contribution in [1.82, 2.24) is 50.7 Å². The van der Waals surface area contributed by atoms with E-state index in [0.29, 0.717) is 63.6 Å². The summed E-state index contributed by atoms with van der Waals surface area (Å²) in [6.45, 7) is 38.6. The van der Waals surface area contributed by atoms with E-state index in [1.807, 2.05) is 202 Å². The molecule has 0 aromatic heterocycles. The molecule has 3 saturated heterocycles. The van der Waals surface area contributed by atoms with Gasteiger partial charge in [-0.25, -0.2) is 0 Å². The molecule has 6 atom stereocenters. The molecule has 0 spiro atoms. The molecule has 6 aromatic carbocycles. The summed E-state index contributed by atoms with van der Waals surface area (Å²) in [5, 5.41) is 15.5. The van der Waals surface area contributed by atoms with E-state index in [4.69, 9.17) is 75.3 Å². The Morgan fingerprint density at radius 1 is 0.323 bits per heavy atom. The number of nitrogens with two attached hydrogens (primary N) is 1. The maximum Gasteiger partial charge on any atom is 0.236 e. The van der Waals surface area contributed by atoms with Crippen LogP contribution in [0.4, 0.5) is 0 Å². The van der Waals surface area contributed by atoms with Gasteiger partial charge in [0.25, 0.3) is 0 Å². The normalized spacial score (nSPS) is 14.9. The fourth-order valence-corrected chi connectivity index (χ4v) is 14.6. The van der Waals surface area contributed by atoms with Crippen molar-refractivity contribution in [3.05, 3.63) is 209 Å². The number of carbonyl (C=O) groups excluding carboxylic acids is 11. The summed E-state index contributed by atoms with van der Waals surface area (Å²) >= 11 is 35.4. The lowest BCUT2D eigenvalue weighted by atomic mass is 9.88. The molecule has 0 saturated carbocycles. The van der Waals surface area contributed by atoms with Crippen molar-refractivity contribution < 1.29 is 52.7 Å². The molecule has 22 nitrogen and oxygen atoms in total. The van der Waals surface area contributed by atoms with E-state index in [1.165, 1.54) is 11.3 Å². The zero-order chi connectivity index (χ0) is 92.6. The summed E-state index contributed by atoms with van der Waals surface area (Å²) in [7, 11) is 5.00. The van der Waals surface area contributed by atoms with E-state index in [1.54, 1.807) is 71.4 Å². The van der Waals surface area contributed by atoms with E-state index in [-0.39, 0.29) is 143 Å². The smallest absolute Gasteiger partial charge is 0.236 e. The van der Waals surface area contributed by atoms with Crippen LogP contribution in [0.2, 0.25) is 30.1 Å². The number of carbonyl (C=O) groups is 11. The van der Waals surface area contributed by atoms with Crippen molar-refractivity contribution in [1.29, 1.82) is 0 Å². The molecule has 3 heterocycles. The summed E-state index contributed by atoms with van der Waals surface area (Å²) in [5.74, 6) is -0.300. The number of amides is 5. The monoisotopic (exact) mass is 1830 g/mol. The predicted molar refractivity (Wildman–Crippen MR) is 503 cm³/mol. The van der Waals surface area contributed by atoms with Gasteiger partial charge in [-0.2, -0.15) is 0 Å². The van der Waals surface area contributed by atoms with Gasteiger partial charge in [-0.1, -0.05) is 225 Å². The minimum atomic E-state index is -0.438. The topological polar surface area (TPSA) is 281 Å². The highest BCUT2D eigenvalue weighted by Crippen LogP contribution is 2.31. The molecule has 5 amide bonds.